The van der Waals surface area contributed by atoms with Gasteiger partial charge in [-0.1, -0.05) is 47.0 Å². The zero-order valence-electron chi connectivity index (χ0n) is 14.4. The van der Waals surface area contributed by atoms with Crippen molar-refractivity contribution in [3.05, 3.63) is 62.6 Å². The van der Waals surface area contributed by atoms with Crippen molar-refractivity contribution in [1.82, 2.24) is 5.32 Å². The predicted octanol–water partition coefficient (Wildman–Crippen LogP) is 4.22. The molecular formula is C19H20Cl2N2O2. The Morgan fingerprint density at radius 1 is 0.960 bits per heavy atom. The number of halogens is 2. The molecule has 2 aromatic carbocycles. The van der Waals surface area contributed by atoms with Gasteiger partial charge in [0.1, 0.15) is 0 Å². The van der Waals surface area contributed by atoms with Gasteiger partial charge >= 0.3 is 0 Å². The topological polar surface area (TPSA) is 58.2 Å². The molecule has 0 spiro atoms. The number of rotatable bonds is 5. The van der Waals surface area contributed by atoms with E-state index in [4.69, 9.17) is 23.2 Å². The van der Waals surface area contributed by atoms with Gasteiger partial charge in [-0.15, -0.1) is 0 Å². The van der Waals surface area contributed by atoms with E-state index in [2.05, 4.69) is 10.6 Å². The van der Waals surface area contributed by atoms with Crippen LogP contribution in [0.25, 0.3) is 0 Å². The SMILES string of the molecule is Cc1cc(C)c(NC(=O)CNC(=O)Cc2c(Cl)cccc2Cl)c(C)c1. The summed E-state index contributed by atoms with van der Waals surface area (Å²) in [4.78, 5) is 24.2. The van der Waals surface area contributed by atoms with Crippen molar-refractivity contribution in [2.45, 2.75) is 27.2 Å². The number of benzene rings is 2. The summed E-state index contributed by atoms with van der Waals surface area (Å²) in [5.41, 5.74) is 4.44. The summed E-state index contributed by atoms with van der Waals surface area (Å²) in [6.07, 6.45) is 0.0222. The van der Waals surface area contributed by atoms with E-state index in [0.29, 0.717) is 15.6 Å². The number of carbonyl (C=O) groups is 2. The van der Waals surface area contributed by atoms with Crippen LogP contribution in [-0.4, -0.2) is 18.4 Å². The average Bonchev–Trinajstić information content (AvgIpc) is 2.52. The summed E-state index contributed by atoms with van der Waals surface area (Å²) >= 11 is 12.1. The summed E-state index contributed by atoms with van der Waals surface area (Å²) in [6, 6.07) is 9.06. The van der Waals surface area contributed by atoms with Crippen LogP contribution in [0.15, 0.2) is 30.3 Å². The van der Waals surface area contributed by atoms with E-state index in [1.807, 2.05) is 32.9 Å². The fourth-order valence-electron chi connectivity index (χ4n) is 2.66. The van der Waals surface area contributed by atoms with Crippen molar-refractivity contribution in [3.63, 3.8) is 0 Å². The molecular weight excluding hydrogens is 359 g/mol. The van der Waals surface area contributed by atoms with Crippen molar-refractivity contribution in [2.75, 3.05) is 11.9 Å². The second-order valence-corrected chi connectivity index (χ2v) is 6.79. The number of amides is 2. The molecule has 2 aromatic rings. The second-order valence-electron chi connectivity index (χ2n) is 5.98. The number of anilines is 1. The van der Waals surface area contributed by atoms with Crippen molar-refractivity contribution in [2.24, 2.45) is 0 Å². The first-order chi connectivity index (χ1) is 11.8. The van der Waals surface area contributed by atoms with Gasteiger partial charge < -0.3 is 10.6 Å². The summed E-state index contributed by atoms with van der Waals surface area (Å²) < 4.78 is 0. The molecule has 0 aliphatic carbocycles. The van der Waals surface area contributed by atoms with Crippen LogP contribution in [0, 0.1) is 20.8 Å². The minimum Gasteiger partial charge on any atom is -0.347 e. The molecule has 0 saturated heterocycles. The highest BCUT2D eigenvalue weighted by atomic mass is 35.5. The lowest BCUT2D eigenvalue weighted by Crippen LogP contribution is -2.34. The number of carbonyl (C=O) groups excluding carboxylic acids is 2. The average molecular weight is 379 g/mol. The van der Waals surface area contributed by atoms with Crippen molar-refractivity contribution in [3.8, 4) is 0 Å². The molecule has 4 nitrogen and oxygen atoms in total. The van der Waals surface area contributed by atoms with Gasteiger partial charge in [0.05, 0.1) is 13.0 Å². The monoisotopic (exact) mass is 378 g/mol. The summed E-state index contributed by atoms with van der Waals surface area (Å²) in [7, 11) is 0. The lowest BCUT2D eigenvalue weighted by Gasteiger charge is -2.13. The summed E-state index contributed by atoms with van der Waals surface area (Å²) in [5.74, 6) is -0.601. The molecule has 2 N–H and O–H groups in total. The van der Waals surface area contributed by atoms with Crippen LogP contribution in [0.1, 0.15) is 22.3 Å². The molecule has 0 atom stereocenters. The van der Waals surface area contributed by atoms with Crippen LogP contribution in [0.4, 0.5) is 5.69 Å². The largest absolute Gasteiger partial charge is 0.347 e. The first-order valence-electron chi connectivity index (χ1n) is 7.85. The van der Waals surface area contributed by atoms with Gasteiger partial charge in [0.15, 0.2) is 0 Å². The molecule has 132 valence electrons. The third-order valence-electron chi connectivity index (χ3n) is 3.79. The van der Waals surface area contributed by atoms with Gasteiger partial charge in [-0.25, -0.2) is 0 Å². The van der Waals surface area contributed by atoms with Gasteiger partial charge in [-0.05, 0) is 49.6 Å². The Labute approximate surface area is 157 Å². The van der Waals surface area contributed by atoms with Gasteiger partial charge in [-0.2, -0.15) is 0 Å². The highest BCUT2D eigenvalue weighted by Crippen LogP contribution is 2.24. The van der Waals surface area contributed by atoms with Gasteiger partial charge in [0, 0.05) is 15.7 Å². The fourth-order valence-corrected chi connectivity index (χ4v) is 3.20. The lowest BCUT2D eigenvalue weighted by atomic mass is 10.1. The zero-order valence-corrected chi connectivity index (χ0v) is 15.9. The Balaban J connectivity index is 1.93. The number of hydrogen-bond donors (Lipinski definition) is 2. The van der Waals surface area contributed by atoms with Crippen LogP contribution >= 0.6 is 23.2 Å². The Hall–Kier alpha value is -2.04. The molecule has 0 aliphatic heterocycles. The van der Waals surface area contributed by atoms with Gasteiger partial charge in [0.2, 0.25) is 11.8 Å². The lowest BCUT2D eigenvalue weighted by molar-refractivity contribution is -0.123. The molecule has 25 heavy (non-hydrogen) atoms. The molecule has 0 fully saturated rings. The van der Waals surface area contributed by atoms with E-state index in [0.717, 1.165) is 22.4 Å². The molecule has 0 radical (unpaired) electrons. The Kier molecular flexibility index (Phi) is 6.45. The molecule has 2 rings (SSSR count). The van der Waals surface area contributed by atoms with Crippen LogP contribution in [0.3, 0.4) is 0 Å². The Morgan fingerprint density at radius 3 is 2.08 bits per heavy atom. The fraction of sp³-hybridized carbons (Fsp3) is 0.263. The third-order valence-corrected chi connectivity index (χ3v) is 4.49. The maximum absolute atomic E-state index is 12.1. The van der Waals surface area contributed by atoms with Crippen LogP contribution < -0.4 is 10.6 Å². The second kappa shape index (κ2) is 8.37. The third kappa shape index (κ3) is 5.21. The molecule has 6 heteroatoms. The van der Waals surface area contributed by atoms with Gasteiger partial charge in [0.25, 0.3) is 0 Å². The molecule has 2 amide bonds. The quantitative estimate of drug-likeness (QED) is 0.818. The number of nitrogens with one attached hydrogen (secondary N) is 2. The van der Waals surface area contributed by atoms with Crippen molar-refractivity contribution in [1.29, 1.82) is 0 Å². The molecule has 0 heterocycles. The van der Waals surface area contributed by atoms with Crippen LogP contribution in [0.2, 0.25) is 10.0 Å². The normalized spacial score (nSPS) is 10.4. The number of hydrogen-bond acceptors (Lipinski definition) is 2. The van der Waals surface area contributed by atoms with E-state index in [1.165, 1.54) is 0 Å². The minimum absolute atomic E-state index is 0.0222. The molecule has 0 saturated carbocycles. The highest BCUT2D eigenvalue weighted by Gasteiger charge is 2.13. The zero-order chi connectivity index (χ0) is 18.6. The van der Waals surface area contributed by atoms with Gasteiger partial charge in [-0.3, -0.25) is 9.59 Å². The smallest absolute Gasteiger partial charge is 0.243 e. The number of aryl methyl sites for hydroxylation is 3. The molecule has 0 aromatic heterocycles. The Bertz CT molecular complexity index is 776. The summed E-state index contributed by atoms with van der Waals surface area (Å²) in [5, 5.41) is 6.29. The summed E-state index contributed by atoms with van der Waals surface area (Å²) in [6.45, 7) is 5.76. The minimum atomic E-state index is -0.317. The van der Waals surface area contributed by atoms with Crippen LogP contribution in [-0.2, 0) is 16.0 Å². The van der Waals surface area contributed by atoms with Crippen molar-refractivity contribution < 1.29 is 9.59 Å². The van der Waals surface area contributed by atoms with E-state index in [9.17, 15) is 9.59 Å². The predicted molar refractivity (Wildman–Crippen MR) is 102 cm³/mol. The van der Waals surface area contributed by atoms with Crippen molar-refractivity contribution >= 4 is 40.7 Å². The molecule has 0 unspecified atom stereocenters. The van der Waals surface area contributed by atoms with Crippen LogP contribution in [0.5, 0.6) is 0 Å². The first-order valence-corrected chi connectivity index (χ1v) is 8.61. The maximum atomic E-state index is 12.1. The van der Waals surface area contributed by atoms with E-state index in [-0.39, 0.29) is 24.8 Å². The maximum Gasteiger partial charge on any atom is 0.243 e. The van der Waals surface area contributed by atoms with E-state index < -0.39 is 0 Å². The van der Waals surface area contributed by atoms with E-state index in [1.54, 1.807) is 18.2 Å². The Morgan fingerprint density at radius 2 is 1.52 bits per heavy atom. The highest BCUT2D eigenvalue weighted by molar-refractivity contribution is 6.36. The first kappa shape index (κ1) is 19.3. The standard InChI is InChI=1S/C19H20Cl2N2O2/c1-11-7-12(2)19(13(3)8-11)23-18(25)10-22-17(24)9-14-15(20)5-4-6-16(14)21/h4-8H,9-10H2,1-3H3,(H,22,24)(H,23,25). The molecule has 0 bridgehead atoms. The van der Waals surface area contributed by atoms with E-state index >= 15 is 0 Å². The molecule has 0 aliphatic rings.